The Labute approximate surface area is 186 Å². The number of anilines is 1. The van der Waals surface area contributed by atoms with Gasteiger partial charge >= 0.3 is 0 Å². The molecule has 168 valence electrons. The van der Waals surface area contributed by atoms with E-state index < -0.39 is 0 Å². The van der Waals surface area contributed by atoms with E-state index in [0.717, 1.165) is 47.2 Å². The third kappa shape index (κ3) is 8.83. The molecular weight excluding hydrogens is 391 g/mol. The summed E-state index contributed by atoms with van der Waals surface area (Å²) in [5.74, 6) is 0.501. The maximum atomic E-state index is 13.4. The first-order valence-corrected chi connectivity index (χ1v) is 10.8. The lowest BCUT2D eigenvalue weighted by molar-refractivity contribution is -0.118. The van der Waals surface area contributed by atoms with Gasteiger partial charge in [-0.15, -0.1) is 0 Å². The van der Waals surface area contributed by atoms with Gasteiger partial charge in [-0.2, -0.15) is 0 Å². The van der Waals surface area contributed by atoms with Crippen LogP contribution in [0.3, 0.4) is 0 Å². The monoisotopic (exact) mass is 426 g/mol. The zero-order valence-electron chi connectivity index (χ0n) is 19.8. The summed E-state index contributed by atoms with van der Waals surface area (Å²) >= 11 is 0. The van der Waals surface area contributed by atoms with Crippen LogP contribution in [0.4, 0.5) is 10.1 Å². The number of hydrogen-bond donors (Lipinski definition) is 1. The predicted octanol–water partition coefficient (Wildman–Crippen LogP) is 6.65. The summed E-state index contributed by atoms with van der Waals surface area (Å²) in [4.78, 5) is 26.1. The largest absolute Gasteiger partial charge is 0.325 e. The first-order valence-electron chi connectivity index (χ1n) is 10.8. The molecule has 1 atom stereocenters. The van der Waals surface area contributed by atoms with E-state index in [1.807, 2.05) is 19.9 Å². The average Bonchev–Trinajstić information content (AvgIpc) is 2.68. The van der Waals surface area contributed by atoms with E-state index in [4.69, 9.17) is 0 Å². The molecule has 0 radical (unpaired) electrons. The van der Waals surface area contributed by atoms with E-state index in [-0.39, 0.29) is 11.7 Å². The Balaban J connectivity index is 0.000000512. The van der Waals surface area contributed by atoms with Crippen molar-refractivity contribution in [3.63, 3.8) is 0 Å². The van der Waals surface area contributed by atoms with Crippen LogP contribution in [-0.4, -0.2) is 16.7 Å². The first-order chi connectivity index (χ1) is 14.6. The van der Waals surface area contributed by atoms with E-state index in [9.17, 15) is 14.0 Å². The topological polar surface area (TPSA) is 59.1 Å². The van der Waals surface area contributed by atoms with E-state index in [1.54, 1.807) is 19.2 Å². The van der Waals surface area contributed by atoms with Gasteiger partial charge in [0, 0.05) is 25.1 Å². The molecule has 0 bridgehead atoms. The number of nitrogens with zero attached hydrogens (tertiary/aromatic N) is 1. The quantitative estimate of drug-likeness (QED) is 0.539. The number of amides is 1. The number of carbonyl (C=O) groups is 2. The van der Waals surface area contributed by atoms with Crippen molar-refractivity contribution in [3.05, 3.63) is 64.7 Å². The van der Waals surface area contributed by atoms with Crippen LogP contribution in [0.25, 0.3) is 5.57 Å². The van der Waals surface area contributed by atoms with Gasteiger partial charge in [-0.25, -0.2) is 4.39 Å². The van der Waals surface area contributed by atoms with Crippen molar-refractivity contribution in [1.82, 2.24) is 4.98 Å². The second-order valence-corrected chi connectivity index (χ2v) is 7.94. The fourth-order valence-electron chi connectivity index (χ4n) is 3.15. The zero-order chi connectivity index (χ0) is 23.6. The molecule has 1 unspecified atom stereocenters. The molecule has 0 aliphatic carbocycles. The molecule has 1 heterocycles. The summed E-state index contributed by atoms with van der Waals surface area (Å²) in [6.45, 7) is 13.1. The van der Waals surface area contributed by atoms with E-state index in [1.165, 1.54) is 19.1 Å². The Morgan fingerprint density at radius 3 is 2.32 bits per heavy atom. The molecule has 0 saturated heterocycles. The van der Waals surface area contributed by atoms with Crippen LogP contribution in [0.15, 0.2) is 36.5 Å². The minimum absolute atomic E-state index is 0.133. The molecule has 1 N–H and O–H groups in total. The number of rotatable bonds is 7. The summed E-state index contributed by atoms with van der Waals surface area (Å²) in [7, 11) is 0. The highest BCUT2D eigenvalue weighted by atomic mass is 19.1. The van der Waals surface area contributed by atoms with Gasteiger partial charge < -0.3 is 10.1 Å². The molecule has 2 aromatic rings. The van der Waals surface area contributed by atoms with Gasteiger partial charge in [0.05, 0.1) is 11.4 Å². The number of aromatic nitrogens is 1. The second kappa shape index (κ2) is 12.8. The van der Waals surface area contributed by atoms with Crippen molar-refractivity contribution < 1.29 is 14.0 Å². The lowest BCUT2D eigenvalue weighted by Crippen LogP contribution is -2.08. The van der Waals surface area contributed by atoms with Crippen LogP contribution < -0.4 is 5.32 Å². The highest BCUT2D eigenvalue weighted by Crippen LogP contribution is 2.29. The molecule has 0 fully saturated rings. The van der Waals surface area contributed by atoms with Crippen molar-refractivity contribution in [3.8, 4) is 0 Å². The zero-order valence-corrected chi connectivity index (χ0v) is 19.8. The number of nitrogens with one attached hydrogen (secondary N) is 1. The molecule has 4 nitrogen and oxygen atoms in total. The summed E-state index contributed by atoms with van der Waals surface area (Å²) in [6.07, 6.45) is 6.57. The number of pyridine rings is 1. The van der Waals surface area contributed by atoms with Gasteiger partial charge in [0.15, 0.2) is 0 Å². The van der Waals surface area contributed by atoms with Crippen LogP contribution in [0, 0.1) is 25.6 Å². The van der Waals surface area contributed by atoms with Crippen LogP contribution in [0.5, 0.6) is 0 Å². The lowest BCUT2D eigenvalue weighted by Gasteiger charge is -2.14. The van der Waals surface area contributed by atoms with Gasteiger partial charge in [0.25, 0.3) is 0 Å². The Kier molecular flexibility index (Phi) is 10.8. The lowest BCUT2D eigenvalue weighted by atomic mass is 9.94. The highest BCUT2D eigenvalue weighted by molar-refractivity contribution is 5.90. The third-order valence-corrected chi connectivity index (χ3v) is 4.93. The van der Waals surface area contributed by atoms with Crippen molar-refractivity contribution >= 4 is 23.0 Å². The maximum absolute atomic E-state index is 13.4. The van der Waals surface area contributed by atoms with Crippen molar-refractivity contribution in [2.45, 2.75) is 67.7 Å². The maximum Gasteiger partial charge on any atom is 0.221 e. The van der Waals surface area contributed by atoms with Crippen molar-refractivity contribution in [2.75, 3.05) is 5.32 Å². The van der Waals surface area contributed by atoms with E-state index >= 15 is 0 Å². The molecule has 0 spiro atoms. The molecular formula is C26H35FN2O2. The molecule has 0 aliphatic heterocycles. The van der Waals surface area contributed by atoms with Crippen molar-refractivity contribution in [2.24, 2.45) is 5.92 Å². The number of carbonyl (C=O) groups excluding carboxylic acids is 2. The molecule has 5 heteroatoms. The number of benzene rings is 1. The Morgan fingerprint density at radius 1 is 1.16 bits per heavy atom. The SMILES string of the molecule is CC/C=C(/c1cnc(C)c(NC(C)=O)c1)c1ccc(F)cc1C.CCC(C)CC(C)=O. The number of halogens is 1. The summed E-state index contributed by atoms with van der Waals surface area (Å²) in [5.41, 5.74) is 5.17. The van der Waals surface area contributed by atoms with Gasteiger partial charge in [-0.1, -0.05) is 39.3 Å². The highest BCUT2D eigenvalue weighted by Gasteiger charge is 2.11. The van der Waals surface area contributed by atoms with Gasteiger partial charge in [-0.3, -0.25) is 9.78 Å². The molecule has 0 aliphatic rings. The van der Waals surface area contributed by atoms with Crippen LogP contribution >= 0.6 is 0 Å². The van der Waals surface area contributed by atoms with Gasteiger partial charge in [0.1, 0.15) is 11.6 Å². The molecule has 2 rings (SSSR count). The number of Topliss-reactive ketones (excluding diaryl/α,β-unsaturated/α-hetero) is 1. The van der Waals surface area contributed by atoms with Crippen LogP contribution in [-0.2, 0) is 9.59 Å². The molecule has 1 aromatic carbocycles. The number of allylic oxidation sites excluding steroid dienone is 1. The average molecular weight is 427 g/mol. The van der Waals surface area contributed by atoms with Gasteiger partial charge in [-0.05, 0) is 68.0 Å². The number of aryl methyl sites for hydroxylation is 2. The van der Waals surface area contributed by atoms with Crippen LogP contribution in [0.2, 0.25) is 0 Å². The number of ketones is 1. The summed E-state index contributed by atoms with van der Waals surface area (Å²) in [6, 6.07) is 6.68. The molecule has 1 aromatic heterocycles. The molecule has 0 saturated carbocycles. The number of hydrogen-bond acceptors (Lipinski definition) is 3. The third-order valence-electron chi connectivity index (χ3n) is 4.93. The minimum atomic E-state index is -0.247. The first kappa shape index (κ1) is 26.2. The summed E-state index contributed by atoms with van der Waals surface area (Å²) in [5, 5.41) is 2.80. The molecule has 1 amide bonds. The normalized spacial score (nSPS) is 11.9. The Hall–Kier alpha value is -2.82. The predicted molar refractivity (Wildman–Crippen MR) is 127 cm³/mol. The Bertz CT molecular complexity index is 935. The fourth-order valence-corrected chi connectivity index (χ4v) is 3.15. The molecule has 31 heavy (non-hydrogen) atoms. The minimum Gasteiger partial charge on any atom is -0.325 e. The fraction of sp³-hybridized carbons (Fsp3) is 0.423. The summed E-state index contributed by atoms with van der Waals surface area (Å²) < 4.78 is 13.4. The van der Waals surface area contributed by atoms with E-state index in [2.05, 4.69) is 37.1 Å². The Morgan fingerprint density at radius 2 is 1.84 bits per heavy atom. The van der Waals surface area contributed by atoms with E-state index in [0.29, 0.717) is 17.4 Å². The second-order valence-electron chi connectivity index (χ2n) is 7.94. The van der Waals surface area contributed by atoms with Gasteiger partial charge in [0.2, 0.25) is 5.91 Å². The van der Waals surface area contributed by atoms with Crippen molar-refractivity contribution in [1.29, 1.82) is 0 Å². The standard InChI is InChI=1S/C19H21FN2O.C7H14O/c1-5-6-18(17-8-7-16(20)9-12(17)2)15-10-19(22-14(4)23)13(3)21-11-15;1-4-6(2)5-7(3)8/h6-11H,5H2,1-4H3,(H,22,23);6H,4-5H2,1-3H3/b18-6-;. The van der Waals surface area contributed by atoms with Crippen LogP contribution in [0.1, 0.15) is 76.3 Å². The smallest absolute Gasteiger partial charge is 0.221 e.